The van der Waals surface area contributed by atoms with E-state index in [2.05, 4.69) is 26.3 Å². The summed E-state index contributed by atoms with van der Waals surface area (Å²) in [5.41, 5.74) is 7.03. The van der Waals surface area contributed by atoms with Crippen molar-refractivity contribution in [1.29, 1.82) is 0 Å². The second-order valence-electron chi connectivity index (χ2n) is 8.08. The topological polar surface area (TPSA) is 84.1 Å². The van der Waals surface area contributed by atoms with Crippen LogP contribution in [0.5, 0.6) is 0 Å². The number of hydrogen-bond acceptors (Lipinski definition) is 5. The van der Waals surface area contributed by atoms with Crippen molar-refractivity contribution in [1.82, 2.24) is 14.9 Å². The van der Waals surface area contributed by atoms with E-state index in [-0.39, 0.29) is 0 Å². The molecule has 6 nitrogen and oxygen atoms in total. The molecule has 2 saturated carbocycles. The fraction of sp³-hybridized carbons (Fsp3) is 0.737. The summed E-state index contributed by atoms with van der Waals surface area (Å²) in [6, 6.07) is 2.43. The number of piperidine rings is 1. The summed E-state index contributed by atoms with van der Waals surface area (Å²) in [7, 11) is 0. The molecule has 3 fully saturated rings. The average Bonchev–Trinajstić information content (AvgIpc) is 3.41. The van der Waals surface area contributed by atoms with E-state index in [0.29, 0.717) is 29.7 Å². The van der Waals surface area contributed by atoms with Gasteiger partial charge in [-0.2, -0.15) is 0 Å². The van der Waals surface area contributed by atoms with Gasteiger partial charge in [0.05, 0.1) is 0 Å². The van der Waals surface area contributed by atoms with Crippen LogP contribution < -0.4 is 11.1 Å². The Kier molecular flexibility index (Phi) is 4.63. The van der Waals surface area contributed by atoms with Crippen LogP contribution >= 0.6 is 0 Å². The highest BCUT2D eigenvalue weighted by Crippen LogP contribution is 2.35. The lowest BCUT2D eigenvalue weighted by Crippen LogP contribution is -2.40. The largest absolute Gasteiger partial charge is 0.370 e. The molecule has 3 N–H and O–H groups in total. The van der Waals surface area contributed by atoms with Gasteiger partial charge in [-0.25, -0.2) is 9.97 Å². The molecule has 136 valence electrons. The Morgan fingerprint density at radius 2 is 1.96 bits per heavy atom. The number of amides is 1. The number of nitrogens with two attached hydrogens (primary N) is 1. The molecule has 0 bridgehead atoms. The van der Waals surface area contributed by atoms with Gasteiger partial charge < -0.3 is 16.0 Å². The molecule has 1 aromatic rings. The highest BCUT2D eigenvalue weighted by atomic mass is 16.2. The summed E-state index contributed by atoms with van der Waals surface area (Å²) in [6.45, 7) is 4.70. The molecular formula is C19H29N5O. The van der Waals surface area contributed by atoms with E-state index in [1.807, 2.05) is 6.92 Å². The van der Waals surface area contributed by atoms with Crippen LogP contribution in [0.3, 0.4) is 0 Å². The monoisotopic (exact) mass is 343 g/mol. The van der Waals surface area contributed by atoms with Gasteiger partial charge in [0, 0.05) is 49.3 Å². The van der Waals surface area contributed by atoms with Gasteiger partial charge in [-0.1, -0.05) is 0 Å². The van der Waals surface area contributed by atoms with Crippen LogP contribution in [0, 0.1) is 18.8 Å². The number of aryl methyl sites for hydroxylation is 1. The molecule has 0 radical (unpaired) electrons. The maximum Gasteiger partial charge on any atom is 0.225 e. The Morgan fingerprint density at radius 3 is 2.60 bits per heavy atom. The fourth-order valence-electron chi connectivity index (χ4n) is 3.99. The zero-order valence-corrected chi connectivity index (χ0v) is 15.1. The quantitative estimate of drug-likeness (QED) is 0.855. The number of anilines is 1. The van der Waals surface area contributed by atoms with Crippen LogP contribution in [0.1, 0.15) is 56.0 Å². The molecule has 4 rings (SSSR count). The number of carbonyl (C=O) groups is 1. The molecule has 25 heavy (non-hydrogen) atoms. The Hall–Kier alpha value is -1.69. The van der Waals surface area contributed by atoms with Crippen LogP contribution in [-0.4, -0.2) is 46.5 Å². The summed E-state index contributed by atoms with van der Waals surface area (Å²) in [5, 5.41) is 3.50. The Bertz CT molecular complexity index is 631. The number of aromatic nitrogens is 2. The maximum atomic E-state index is 12.1. The molecule has 0 aromatic carbocycles. The van der Waals surface area contributed by atoms with Crippen molar-refractivity contribution in [3.8, 4) is 0 Å². The summed E-state index contributed by atoms with van der Waals surface area (Å²) in [6.07, 6.45) is 6.43. The number of carbonyl (C=O) groups excluding carboxylic acids is 1. The maximum absolute atomic E-state index is 12.1. The van der Waals surface area contributed by atoms with E-state index in [1.165, 1.54) is 0 Å². The van der Waals surface area contributed by atoms with Gasteiger partial charge in [-0.05, 0) is 51.4 Å². The van der Waals surface area contributed by atoms with Crippen molar-refractivity contribution in [3.63, 3.8) is 0 Å². The van der Waals surface area contributed by atoms with Gasteiger partial charge in [0.25, 0.3) is 0 Å². The Balaban J connectivity index is 1.28. The predicted molar refractivity (Wildman–Crippen MR) is 97.2 cm³/mol. The molecule has 1 saturated heterocycles. The molecule has 6 heteroatoms. The van der Waals surface area contributed by atoms with Crippen LogP contribution in [0.4, 0.5) is 5.82 Å². The van der Waals surface area contributed by atoms with E-state index in [9.17, 15) is 4.79 Å². The first-order valence-electron chi connectivity index (χ1n) is 9.72. The summed E-state index contributed by atoms with van der Waals surface area (Å²) < 4.78 is 0. The molecular weight excluding hydrogens is 314 g/mol. The van der Waals surface area contributed by atoms with Gasteiger partial charge in [-0.15, -0.1) is 0 Å². The van der Waals surface area contributed by atoms with Crippen LogP contribution in [0.25, 0.3) is 0 Å². The normalized spacial score (nSPS) is 27.0. The van der Waals surface area contributed by atoms with Crippen molar-refractivity contribution >= 4 is 11.7 Å². The molecule has 0 atom stereocenters. The average molecular weight is 343 g/mol. The molecule has 1 aromatic heterocycles. The zero-order valence-electron chi connectivity index (χ0n) is 15.1. The van der Waals surface area contributed by atoms with Crippen molar-refractivity contribution in [3.05, 3.63) is 17.6 Å². The molecule has 2 heterocycles. The summed E-state index contributed by atoms with van der Waals surface area (Å²) >= 11 is 0. The number of likely N-dealkylation sites (tertiary alicyclic amines) is 1. The second-order valence-corrected chi connectivity index (χ2v) is 8.08. The Morgan fingerprint density at radius 1 is 1.24 bits per heavy atom. The molecule has 0 spiro atoms. The van der Waals surface area contributed by atoms with Gasteiger partial charge in [0.2, 0.25) is 5.91 Å². The smallest absolute Gasteiger partial charge is 0.225 e. The first kappa shape index (κ1) is 16.8. The molecule has 0 unspecified atom stereocenters. The zero-order chi connectivity index (χ0) is 17.4. The summed E-state index contributed by atoms with van der Waals surface area (Å²) in [5.74, 6) is 3.59. The minimum atomic E-state index is 0.334. The third-order valence-electron chi connectivity index (χ3n) is 5.88. The highest BCUT2D eigenvalue weighted by Gasteiger charge is 2.35. The van der Waals surface area contributed by atoms with Gasteiger partial charge in [0.1, 0.15) is 11.6 Å². The van der Waals surface area contributed by atoms with E-state index >= 15 is 0 Å². The van der Waals surface area contributed by atoms with E-state index in [0.717, 1.165) is 75.5 Å². The number of rotatable bonds is 5. The predicted octanol–water partition coefficient (Wildman–Crippen LogP) is 2.05. The number of nitrogens with one attached hydrogen (secondary N) is 1. The van der Waals surface area contributed by atoms with E-state index in [1.54, 1.807) is 0 Å². The first-order valence-corrected chi connectivity index (χ1v) is 9.72. The van der Waals surface area contributed by atoms with Gasteiger partial charge >= 0.3 is 0 Å². The van der Waals surface area contributed by atoms with Crippen molar-refractivity contribution in [2.24, 2.45) is 17.6 Å². The molecule has 2 aliphatic carbocycles. The minimum Gasteiger partial charge on any atom is -0.370 e. The van der Waals surface area contributed by atoms with Crippen LogP contribution in [0.15, 0.2) is 6.07 Å². The van der Waals surface area contributed by atoms with Crippen molar-refractivity contribution in [2.45, 2.75) is 57.4 Å². The standard InChI is InChI=1S/C19H29N5O/c1-12-22-17(15-8-16(20)9-15)10-18(23-12)21-11-13-4-6-24(7-5-13)19(25)14-2-3-14/h10,13-16H,2-9,11,20H2,1H3,(H,21,22,23). The second kappa shape index (κ2) is 6.90. The molecule has 3 aliphatic rings. The van der Waals surface area contributed by atoms with Crippen LogP contribution in [-0.2, 0) is 4.79 Å². The lowest BCUT2D eigenvalue weighted by Gasteiger charge is -2.33. The third kappa shape index (κ3) is 3.94. The van der Waals surface area contributed by atoms with E-state index in [4.69, 9.17) is 5.73 Å². The fourth-order valence-corrected chi connectivity index (χ4v) is 3.99. The highest BCUT2D eigenvalue weighted by molar-refractivity contribution is 5.81. The van der Waals surface area contributed by atoms with Crippen molar-refractivity contribution < 1.29 is 4.79 Å². The number of hydrogen-bond donors (Lipinski definition) is 2. The SMILES string of the molecule is Cc1nc(NCC2CCN(C(=O)C3CC3)CC2)cc(C2CC(N)C2)n1. The van der Waals surface area contributed by atoms with Crippen molar-refractivity contribution in [2.75, 3.05) is 25.0 Å². The van der Waals surface area contributed by atoms with Crippen LogP contribution in [0.2, 0.25) is 0 Å². The minimum absolute atomic E-state index is 0.334. The molecule has 1 aliphatic heterocycles. The summed E-state index contributed by atoms with van der Waals surface area (Å²) in [4.78, 5) is 23.3. The molecule has 1 amide bonds. The Labute approximate surface area is 149 Å². The lowest BCUT2D eigenvalue weighted by atomic mass is 9.78. The van der Waals surface area contributed by atoms with Gasteiger partial charge in [0.15, 0.2) is 0 Å². The van der Waals surface area contributed by atoms with Gasteiger partial charge in [-0.3, -0.25) is 4.79 Å². The first-order chi connectivity index (χ1) is 12.1. The van der Waals surface area contributed by atoms with E-state index < -0.39 is 0 Å². The lowest BCUT2D eigenvalue weighted by molar-refractivity contribution is -0.133. The number of nitrogens with zero attached hydrogens (tertiary/aromatic N) is 3. The third-order valence-corrected chi connectivity index (χ3v) is 5.88.